The van der Waals surface area contributed by atoms with Gasteiger partial charge in [0.1, 0.15) is 23.9 Å². The molecular formula is C15H11BrFNO3. The van der Waals surface area contributed by atoms with Crippen LogP contribution in [0.1, 0.15) is 5.56 Å². The zero-order valence-electron chi connectivity index (χ0n) is 10.9. The van der Waals surface area contributed by atoms with Crippen molar-refractivity contribution in [3.8, 4) is 11.5 Å². The molecule has 0 unspecified atom stereocenters. The van der Waals surface area contributed by atoms with Gasteiger partial charge in [-0.2, -0.15) is 0 Å². The molecule has 2 aromatic rings. The summed E-state index contributed by atoms with van der Waals surface area (Å²) in [7, 11) is 0. The molecule has 0 radical (unpaired) electrons. The Balaban J connectivity index is 1.73. The minimum absolute atomic E-state index is 0.0112. The summed E-state index contributed by atoms with van der Waals surface area (Å²) >= 11 is 3.20. The zero-order valence-corrected chi connectivity index (χ0v) is 12.4. The molecule has 2 aromatic carbocycles. The summed E-state index contributed by atoms with van der Waals surface area (Å²) in [6.07, 6.45) is 0. The molecule has 21 heavy (non-hydrogen) atoms. The molecule has 4 nitrogen and oxygen atoms in total. The number of hydrogen-bond acceptors (Lipinski definition) is 3. The zero-order chi connectivity index (χ0) is 14.8. The molecular weight excluding hydrogens is 341 g/mol. The van der Waals surface area contributed by atoms with Crippen LogP contribution in [0.25, 0.3) is 0 Å². The van der Waals surface area contributed by atoms with E-state index in [1.807, 2.05) is 0 Å². The summed E-state index contributed by atoms with van der Waals surface area (Å²) in [5.41, 5.74) is 1.01. The molecule has 1 aliphatic rings. The van der Waals surface area contributed by atoms with Gasteiger partial charge < -0.3 is 14.8 Å². The van der Waals surface area contributed by atoms with Gasteiger partial charge in [-0.1, -0.05) is 22.0 Å². The van der Waals surface area contributed by atoms with Crippen molar-refractivity contribution < 1.29 is 18.7 Å². The molecule has 3 rings (SSSR count). The monoisotopic (exact) mass is 351 g/mol. The van der Waals surface area contributed by atoms with Crippen molar-refractivity contribution >= 4 is 27.5 Å². The number of hydrogen-bond donors (Lipinski definition) is 1. The number of nitrogens with one attached hydrogen (secondary N) is 1. The van der Waals surface area contributed by atoms with E-state index in [1.54, 1.807) is 30.3 Å². The fourth-order valence-corrected chi connectivity index (χ4v) is 2.28. The molecule has 0 atom stereocenters. The van der Waals surface area contributed by atoms with Crippen LogP contribution in [-0.4, -0.2) is 12.5 Å². The molecule has 1 aliphatic heterocycles. The summed E-state index contributed by atoms with van der Waals surface area (Å²) in [5.74, 6) is 0.580. The highest BCUT2D eigenvalue weighted by molar-refractivity contribution is 9.10. The highest BCUT2D eigenvalue weighted by atomic mass is 79.9. The molecule has 0 fully saturated rings. The van der Waals surface area contributed by atoms with Gasteiger partial charge >= 0.3 is 0 Å². The van der Waals surface area contributed by atoms with Gasteiger partial charge in [0.05, 0.1) is 5.69 Å². The van der Waals surface area contributed by atoms with E-state index in [0.717, 1.165) is 0 Å². The molecule has 0 saturated heterocycles. The van der Waals surface area contributed by atoms with Crippen molar-refractivity contribution in [2.24, 2.45) is 0 Å². The van der Waals surface area contributed by atoms with E-state index in [4.69, 9.17) is 9.47 Å². The lowest BCUT2D eigenvalue weighted by molar-refractivity contribution is -0.118. The summed E-state index contributed by atoms with van der Waals surface area (Å²) in [5, 5.41) is 2.69. The van der Waals surface area contributed by atoms with Gasteiger partial charge in [-0.3, -0.25) is 4.79 Å². The van der Waals surface area contributed by atoms with E-state index >= 15 is 0 Å². The van der Waals surface area contributed by atoms with Crippen LogP contribution in [0.2, 0.25) is 0 Å². The van der Waals surface area contributed by atoms with E-state index in [0.29, 0.717) is 27.2 Å². The van der Waals surface area contributed by atoms with E-state index in [9.17, 15) is 9.18 Å². The molecule has 1 amide bonds. The van der Waals surface area contributed by atoms with Gasteiger partial charge in [-0.15, -0.1) is 0 Å². The maximum Gasteiger partial charge on any atom is 0.262 e. The largest absolute Gasteiger partial charge is 0.489 e. The van der Waals surface area contributed by atoms with E-state index < -0.39 is 0 Å². The van der Waals surface area contributed by atoms with Crippen LogP contribution in [0.3, 0.4) is 0 Å². The lowest BCUT2D eigenvalue weighted by Crippen LogP contribution is -2.25. The Labute approximate surface area is 129 Å². The van der Waals surface area contributed by atoms with Crippen molar-refractivity contribution in [1.29, 1.82) is 0 Å². The van der Waals surface area contributed by atoms with Crippen LogP contribution >= 0.6 is 15.9 Å². The van der Waals surface area contributed by atoms with Crippen LogP contribution in [0.4, 0.5) is 10.1 Å². The van der Waals surface area contributed by atoms with Gasteiger partial charge in [0.2, 0.25) is 0 Å². The predicted octanol–water partition coefficient (Wildman–Crippen LogP) is 3.50. The highest BCUT2D eigenvalue weighted by Gasteiger charge is 2.16. The second-order valence-electron chi connectivity index (χ2n) is 4.52. The first kappa shape index (κ1) is 13.9. The van der Waals surface area contributed by atoms with Gasteiger partial charge in [0.15, 0.2) is 6.61 Å². The number of carbonyl (C=O) groups is 1. The smallest absolute Gasteiger partial charge is 0.262 e. The van der Waals surface area contributed by atoms with Crippen LogP contribution in [0.5, 0.6) is 11.5 Å². The first-order chi connectivity index (χ1) is 10.1. The third kappa shape index (κ3) is 3.16. The SMILES string of the molecule is O=C1COc2ccc(OCc3ccc(Br)cc3F)cc2N1. The Morgan fingerprint density at radius 1 is 1.29 bits per heavy atom. The summed E-state index contributed by atoms with van der Waals surface area (Å²) in [4.78, 5) is 11.3. The highest BCUT2D eigenvalue weighted by Crippen LogP contribution is 2.31. The third-order valence-corrected chi connectivity index (χ3v) is 3.49. The number of benzene rings is 2. The Bertz CT molecular complexity index is 705. The Morgan fingerprint density at radius 2 is 2.14 bits per heavy atom. The Morgan fingerprint density at radius 3 is 2.95 bits per heavy atom. The molecule has 1 heterocycles. The van der Waals surface area contributed by atoms with Crippen molar-refractivity contribution in [3.05, 3.63) is 52.3 Å². The third-order valence-electron chi connectivity index (χ3n) is 2.99. The van der Waals surface area contributed by atoms with Gasteiger partial charge in [-0.25, -0.2) is 4.39 Å². The van der Waals surface area contributed by atoms with Crippen molar-refractivity contribution in [2.75, 3.05) is 11.9 Å². The lowest BCUT2D eigenvalue weighted by atomic mass is 10.2. The predicted molar refractivity (Wildman–Crippen MR) is 79.0 cm³/mol. The number of carbonyl (C=O) groups excluding carboxylic acids is 1. The molecule has 0 bridgehead atoms. The van der Waals surface area contributed by atoms with Gasteiger partial charge in [0, 0.05) is 16.1 Å². The van der Waals surface area contributed by atoms with Crippen molar-refractivity contribution in [2.45, 2.75) is 6.61 Å². The van der Waals surface area contributed by atoms with Gasteiger partial charge in [0.25, 0.3) is 5.91 Å². The topological polar surface area (TPSA) is 47.6 Å². The number of anilines is 1. The second-order valence-corrected chi connectivity index (χ2v) is 5.43. The Kier molecular flexibility index (Phi) is 3.79. The maximum atomic E-state index is 13.7. The van der Waals surface area contributed by atoms with E-state index in [2.05, 4.69) is 21.2 Å². The maximum absolute atomic E-state index is 13.7. The van der Waals surface area contributed by atoms with Gasteiger partial charge in [-0.05, 0) is 24.3 Å². The van der Waals surface area contributed by atoms with Crippen LogP contribution in [0.15, 0.2) is 40.9 Å². The number of fused-ring (bicyclic) bond motifs is 1. The summed E-state index contributed by atoms with van der Waals surface area (Å²) in [6.45, 7) is 0.115. The standard InChI is InChI=1S/C15H11BrFNO3/c16-10-2-1-9(12(17)5-10)7-20-11-3-4-14-13(6-11)18-15(19)8-21-14/h1-6H,7-8H2,(H,18,19). The van der Waals surface area contributed by atoms with E-state index in [-0.39, 0.29) is 24.9 Å². The molecule has 0 aliphatic carbocycles. The molecule has 0 spiro atoms. The fourth-order valence-electron chi connectivity index (χ4n) is 1.95. The minimum Gasteiger partial charge on any atom is -0.489 e. The molecule has 108 valence electrons. The average Bonchev–Trinajstić information content (AvgIpc) is 2.46. The normalized spacial score (nSPS) is 13.1. The Hall–Kier alpha value is -2.08. The number of halogens is 2. The van der Waals surface area contributed by atoms with Crippen LogP contribution < -0.4 is 14.8 Å². The number of rotatable bonds is 3. The summed E-state index contributed by atoms with van der Waals surface area (Å²) in [6, 6.07) is 9.88. The van der Waals surface area contributed by atoms with E-state index in [1.165, 1.54) is 6.07 Å². The molecule has 0 aromatic heterocycles. The average molecular weight is 352 g/mol. The molecule has 0 saturated carbocycles. The molecule has 6 heteroatoms. The summed E-state index contributed by atoms with van der Waals surface area (Å²) < 4.78 is 25.2. The van der Waals surface area contributed by atoms with Crippen LogP contribution in [-0.2, 0) is 11.4 Å². The molecule has 1 N–H and O–H groups in total. The minimum atomic E-state index is -0.334. The number of ether oxygens (including phenoxy) is 2. The first-order valence-corrected chi connectivity index (χ1v) is 7.04. The fraction of sp³-hybridized carbons (Fsp3) is 0.133. The first-order valence-electron chi connectivity index (χ1n) is 6.25. The quantitative estimate of drug-likeness (QED) is 0.920. The number of amides is 1. The van der Waals surface area contributed by atoms with Crippen LogP contribution in [0, 0.1) is 5.82 Å². The van der Waals surface area contributed by atoms with Crippen molar-refractivity contribution in [3.63, 3.8) is 0 Å². The lowest BCUT2D eigenvalue weighted by Gasteiger charge is -2.18. The van der Waals surface area contributed by atoms with Crippen molar-refractivity contribution in [1.82, 2.24) is 0 Å². The second kappa shape index (κ2) is 5.73.